The van der Waals surface area contributed by atoms with Crippen molar-refractivity contribution in [2.24, 2.45) is 4.99 Å². The topological polar surface area (TPSA) is 75.7 Å². The monoisotopic (exact) mass is 324 g/mol. The zero-order valence-electron chi connectivity index (χ0n) is 10.9. The third-order valence-electron chi connectivity index (χ3n) is 2.73. The molecule has 0 saturated carbocycles. The molecule has 0 bridgehead atoms. The van der Waals surface area contributed by atoms with Crippen LogP contribution in [0.5, 0.6) is 5.75 Å². The number of hydrogen-bond donors (Lipinski definition) is 1. The summed E-state index contributed by atoms with van der Waals surface area (Å²) in [6, 6.07) is 7.63. The van der Waals surface area contributed by atoms with Crippen molar-refractivity contribution in [2.45, 2.75) is 6.92 Å². The van der Waals surface area contributed by atoms with Gasteiger partial charge in [0.25, 0.3) is 5.69 Å². The fourth-order valence-corrected chi connectivity index (χ4v) is 2.27. The summed E-state index contributed by atoms with van der Waals surface area (Å²) in [6.45, 7) is 1.82. The van der Waals surface area contributed by atoms with Crippen molar-refractivity contribution in [3.05, 3.63) is 61.6 Å². The highest BCUT2D eigenvalue weighted by molar-refractivity contribution is 6.35. The summed E-state index contributed by atoms with van der Waals surface area (Å²) in [7, 11) is 0. The molecule has 2 rings (SSSR count). The molecule has 0 saturated heterocycles. The Morgan fingerprint density at radius 3 is 2.71 bits per heavy atom. The lowest BCUT2D eigenvalue weighted by Gasteiger charge is -2.04. The summed E-state index contributed by atoms with van der Waals surface area (Å²) in [5, 5.41) is 20.8. The largest absolute Gasteiger partial charge is 0.506 e. The van der Waals surface area contributed by atoms with Crippen LogP contribution in [0.3, 0.4) is 0 Å². The van der Waals surface area contributed by atoms with Gasteiger partial charge in [-0.3, -0.25) is 15.1 Å². The lowest BCUT2D eigenvalue weighted by Crippen LogP contribution is -1.89. The van der Waals surface area contributed by atoms with Gasteiger partial charge in [-0.2, -0.15) is 0 Å². The second kappa shape index (κ2) is 6.11. The van der Waals surface area contributed by atoms with Crippen LogP contribution in [0.15, 0.2) is 35.3 Å². The predicted octanol–water partition coefficient (Wildman–Crippen LogP) is 4.67. The van der Waals surface area contributed by atoms with E-state index < -0.39 is 4.92 Å². The van der Waals surface area contributed by atoms with E-state index in [1.54, 1.807) is 18.2 Å². The van der Waals surface area contributed by atoms with E-state index in [9.17, 15) is 15.2 Å². The third kappa shape index (κ3) is 3.32. The Balaban J connectivity index is 2.43. The molecule has 7 heteroatoms. The second-order valence-electron chi connectivity index (χ2n) is 4.31. The van der Waals surface area contributed by atoms with Gasteiger partial charge in [0.15, 0.2) is 0 Å². The highest BCUT2D eigenvalue weighted by Gasteiger charge is 2.14. The quantitative estimate of drug-likeness (QED) is 0.506. The SMILES string of the molecule is Cc1cc(Cl)c(O)c(C=Nc2cccc([N+](=O)[O-])c2Cl)c1. The average Bonchev–Trinajstić information content (AvgIpc) is 2.42. The molecule has 0 aromatic heterocycles. The van der Waals surface area contributed by atoms with Crippen LogP contribution in [0.4, 0.5) is 11.4 Å². The van der Waals surface area contributed by atoms with Crippen molar-refractivity contribution in [1.29, 1.82) is 0 Å². The standard InChI is InChI=1S/C14H10Cl2N2O3/c1-8-5-9(14(19)10(15)6-8)7-17-11-3-2-4-12(13(11)16)18(20)21/h2-7,19H,1H3. The van der Waals surface area contributed by atoms with E-state index >= 15 is 0 Å². The molecular weight excluding hydrogens is 315 g/mol. The number of phenols is 1. The van der Waals surface area contributed by atoms with Gasteiger partial charge in [-0.05, 0) is 30.7 Å². The first-order chi connectivity index (χ1) is 9.90. The number of benzene rings is 2. The molecule has 0 aliphatic heterocycles. The van der Waals surface area contributed by atoms with E-state index in [1.165, 1.54) is 18.3 Å². The highest BCUT2D eigenvalue weighted by Crippen LogP contribution is 2.34. The number of nitrogens with zero attached hydrogens (tertiary/aromatic N) is 2. The molecule has 0 fully saturated rings. The molecule has 2 aromatic carbocycles. The van der Waals surface area contributed by atoms with Crippen molar-refractivity contribution in [3.63, 3.8) is 0 Å². The number of aliphatic imine (C=N–C) groups is 1. The molecule has 0 aliphatic rings. The van der Waals surface area contributed by atoms with Crippen molar-refractivity contribution in [3.8, 4) is 5.75 Å². The van der Waals surface area contributed by atoms with Gasteiger partial charge in [-0.1, -0.05) is 29.3 Å². The van der Waals surface area contributed by atoms with Crippen LogP contribution in [-0.2, 0) is 0 Å². The molecule has 0 amide bonds. The molecule has 0 spiro atoms. The number of nitro groups is 1. The normalized spacial score (nSPS) is 11.0. The van der Waals surface area contributed by atoms with E-state index in [4.69, 9.17) is 23.2 Å². The van der Waals surface area contributed by atoms with Crippen molar-refractivity contribution < 1.29 is 10.0 Å². The molecule has 2 aromatic rings. The van der Waals surface area contributed by atoms with Gasteiger partial charge >= 0.3 is 0 Å². The zero-order valence-corrected chi connectivity index (χ0v) is 12.4. The van der Waals surface area contributed by atoms with Gasteiger partial charge in [-0.15, -0.1) is 0 Å². The Kier molecular flexibility index (Phi) is 4.45. The van der Waals surface area contributed by atoms with Crippen LogP contribution in [-0.4, -0.2) is 16.2 Å². The summed E-state index contributed by atoms with van der Waals surface area (Å²) in [5.41, 5.74) is 1.27. The molecule has 0 radical (unpaired) electrons. The van der Waals surface area contributed by atoms with Gasteiger partial charge in [0.1, 0.15) is 10.8 Å². The number of aromatic hydroxyl groups is 1. The smallest absolute Gasteiger partial charge is 0.290 e. The molecule has 0 atom stereocenters. The fourth-order valence-electron chi connectivity index (χ4n) is 1.75. The summed E-state index contributed by atoms with van der Waals surface area (Å²) < 4.78 is 0. The van der Waals surface area contributed by atoms with Crippen molar-refractivity contribution in [2.75, 3.05) is 0 Å². The number of aryl methyl sites for hydroxylation is 1. The number of rotatable bonds is 3. The molecule has 1 N–H and O–H groups in total. The van der Waals surface area contributed by atoms with Crippen LogP contribution in [0.25, 0.3) is 0 Å². The Morgan fingerprint density at radius 2 is 2.05 bits per heavy atom. The number of phenolic OH excluding ortho intramolecular Hbond substituents is 1. The van der Waals surface area contributed by atoms with E-state index in [2.05, 4.69) is 4.99 Å². The van der Waals surface area contributed by atoms with Gasteiger partial charge in [0, 0.05) is 17.8 Å². The first kappa shape index (κ1) is 15.3. The predicted molar refractivity (Wildman–Crippen MR) is 83.2 cm³/mol. The fraction of sp³-hybridized carbons (Fsp3) is 0.0714. The molecular formula is C14H10Cl2N2O3. The average molecular weight is 325 g/mol. The van der Waals surface area contributed by atoms with Crippen LogP contribution >= 0.6 is 23.2 Å². The number of nitro benzene ring substituents is 1. The maximum atomic E-state index is 10.8. The lowest BCUT2D eigenvalue weighted by atomic mass is 10.1. The zero-order chi connectivity index (χ0) is 15.6. The van der Waals surface area contributed by atoms with Crippen molar-refractivity contribution >= 4 is 40.8 Å². The molecule has 0 unspecified atom stereocenters. The second-order valence-corrected chi connectivity index (χ2v) is 5.10. The van der Waals surface area contributed by atoms with Gasteiger partial charge in [-0.25, -0.2) is 0 Å². The van der Waals surface area contributed by atoms with Crippen molar-refractivity contribution in [1.82, 2.24) is 0 Å². The van der Waals surface area contributed by atoms with Crippen LogP contribution < -0.4 is 0 Å². The van der Waals surface area contributed by atoms with Crippen LogP contribution in [0, 0.1) is 17.0 Å². The third-order valence-corrected chi connectivity index (χ3v) is 3.41. The van der Waals surface area contributed by atoms with Gasteiger partial charge in [0.05, 0.1) is 15.6 Å². The molecule has 108 valence electrons. The van der Waals surface area contributed by atoms with Crippen LogP contribution in [0.2, 0.25) is 10.0 Å². The van der Waals surface area contributed by atoms with E-state index in [0.29, 0.717) is 5.56 Å². The molecule has 21 heavy (non-hydrogen) atoms. The van der Waals surface area contributed by atoms with Gasteiger partial charge < -0.3 is 5.11 Å². The van der Waals surface area contributed by atoms with Gasteiger partial charge in [0.2, 0.25) is 0 Å². The summed E-state index contributed by atoms with van der Waals surface area (Å²) in [4.78, 5) is 14.3. The minimum atomic E-state index is -0.581. The minimum absolute atomic E-state index is 0.0583. The van der Waals surface area contributed by atoms with E-state index in [0.717, 1.165) is 5.56 Å². The molecule has 0 aliphatic carbocycles. The Hall–Kier alpha value is -2.11. The van der Waals surface area contributed by atoms with E-state index in [-0.39, 0.29) is 27.2 Å². The summed E-state index contributed by atoms with van der Waals surface area (Å²) in [5.74, 6) is -0.104. The Morgan fingerprint density at radius 1 is 1.33 bits per heavy atom. The van der Waals surface area contributed by atoms with E-state index in [1.807, 2.05) is 6.92 Å². The number of hydrogen-bond acceptors (Lipinski definition) is 4. The molecule has 5 nitrogen and oxygen atoms in total. The first-order valence-electron chi connectivity index (χ1n) is 5.86. The minimum Gasteiger partial charge on any atom is -0.506 e. The summed E-state index contributed by atoms with van der Waals surface area (Å²) >= 11 is 11.8. The van der Waals surface area contributed by atoms with Crippen LogP contribution in [0.1, 0.15) is 11.1 Å². The maximum Gasteiger partial charge on any atom is 0.290 e. The molecule has 0 heterocycles. The summed E-state index contributed by atoms with van der Waals surface area (Å²) in [6.07, 6.45) is 1.36. The lowest BCUT2D eigenvalue weighted by molar-refractivity contribution is -0.384. The Bertz CT molecular complexity index is 745. The highest BCUT2D eigenvalue weighted by atomic mass is 35.5. The Labute approximate surface area is 130 Å². The number of halogens is 2. The maximum absolute atomic E-state index is 10.8. The first-order valence-corrected chi connectivity index (χ1v) is 6.62.